The Bertz CT molecular complexity index is 772. The summed E-state index contributed by atoms with van der Waals surface area (Å²) in [5.74, 6) is 3.13. The minimum Gasteiger partial charge on any atom is -0.493 e. The van der Waals surface area contributed by atoms with Crippen LogP contribution in [0.25, 0.3) is 0 Å². The van der Waals surface area contributed by atoms with E-state index in [9.17, 15) is 5.11 Å². The summed E-state index contributed by atoms with van der Waals surface area (Å²) < 4.78 is 22.9. The maximum Gasteiger partial charge on any atom is 0.204 e. The number of benzene rings is 2. The van der Waals surface area contributed by atoms with Gasteiger partial charge in [-0.05, 0) is 61.4 Å². The Hall–Kier alpha value is -2.40. The van der Waals surface area contributed by atoms with Crippen molar-refractivity contribution in [3.63, 3.8) is 0 Å². The molecule has 0 aromatic heterocycles. The van der Waals surface area contributed by atoms with E-state index in [0.717, 1.165) is 49.7 Å². The molecule has 1 atom stereocenters. The van der Waals surface area contributed by atoms with E-state index >= 15 is 0 Å². The standard InChI is InChI=1S/C22H28O5/c1-24-18-12-9-15-8-11-17(23)7-5-4-6-16-10-13-19(27-20(18)14-15)22(26-3)21(16)25-2/h9-10,12-14,17,23H,4-8,11H2,1-3H3/t17-/m1/s1. The second-order valence-corrected chi connectivity index (χ2v) is 6.81. The lowest BCUT2D eigenvalue weighted by Crippen LogP contribution is -2.08. The minimum atomic E-state index is -0.292. The molecule has 0 saturated carbocycles. The molecule has 5 heteroatoms. The molecule has 0 spiro atoms. The molecule has 2 aliphatic heterocycles. The highest BCUT2D eigenvalue weighted by molar-refractivity contribution is 5.58. The predicted molar refractivity (Wildman–Crippen MR) is 104 cm³/mol. The van der Waals surface area contributed by atoms with Crippen LogP contribution in [0.4, 0.5) is 0 Å². The number of methoxy groups -OCH3 is 3. The fourth-order valence-corrected chi connectivity index (χ4v) is 3.53. The summed E-state index contributed by atoms with van der Waals surface area (Å²) in [5, 5.41) is 10.3. The molecule has 0 radical (unpaired) electrons. The van der Waals surface area contributed by atoms with Gasteiger partial charge >= 0.3 is 0 Å². The lowest BCUT2D eigenvalue weighted by molar-refractivity contribution is 0.151. The number of aliphatic hydroxyl groups is 1. The molecule has 2 aliphatic rings. The van der Waals surface area contributed by atoms with E-state index in [2.05, 4.69) is 0 Å². The van der Waals surface area contributed by atoms with Crippen molar-refractivity contribution in [1.29, 1.82) is 0 Å². The molecule has 0 saturated heterocycles. The Balaban J connectivity index is 2.06. The molecule has 2 aromatic rings. The van der Waals surface area contributed by atoms with Crippen molar-refractivity contribution in [2.75, 3.05) is 21.3 Å². The highest BCUT2D eigenvalue weighted by Crippen LogP contribution is 2.44. The van der Waals surface area contributed by atoms with Crippen LogP contribution in [0, 0.1) is 0 Å². The Morgan fingerprint density at radius 2 is 1.67 bits per heavy atom. The number of hydrogen-bond donors (Lipinski definition) is 1. The maximum absolute atomic E-state index is 10.3. The minimum absolute atomic E-state index is 0.292. The van der Waals surface area contributed by atoms with Crippen LogP contribution in [-0.2, 0) is 12.8 Å². The molecule has 1 N–H and O–H groups in total. The van der Waals surface area contributed by atoms with E-state index in [1.807, 2.05) is 30.3 Å². The molecule has 0 amide bonds. The fraction of sp³-hybridized carbons (Fsp3) is 0.455. The first-order chi connectivity index (χ1) is 13.2. The van der Waals surface area contributed by atoms with Crippen LogP contribution in [0.1, 0.15) is 36.8 Å². The molecule has 4 rings (SSSR count). The zero-order valence-electron chi connectivity index (χ0n) is 16.3. The first-order valence-corrected chi connectivity index (χ1v) is 9.43. The zero-order valence-corrected chi connectivity index (χ0v) is 16.3. The van der Waals surface area contributed by atoms with Crippen molar-refractivity contribution in [3.8, 4) is 28.7 Å². The van der Waals surface area contributed by atoms with Crippen LogP contribution in [0.3, 0.4) is 0 Å². The van der Waals surface area contributed by atoms with Crippen molar-refractivity contribution in [2.45, 2.75) is 44.6 Å². The van der Waals surface area contributed by atoms with Gasteiger partial charge in [0.1, 0.15) is 0 Å². The van der Waals surface area contributed by atoms with Crippen molar-refractivity contribution >= 4 is 0 Å². The molecule has 0 unspecified atom stereocenters. The number of aryl methyl sites for hydroxylation is 2. The lowest BCUT2D eigenvalue weighted by Gasteiger charge is -2.18. The molecule has 2 heterocycles. The maximum atomic E-state index is 10.3. The van der Waals surface area contributed by atoms with Crippen molar-refractivity contribution in [2.24, 2.45) is 0 Å². The average Bonchev–Trinajstić information content (AvgIpc) is 2.70. The largest absolute Gasteiger partial charge is 0.493 e. The third-order valence-corrected chi connectivity index (χ3v) is 5.01. The molecule has 27 heavy (non-hydrogen) atoms. The smallest absolute Gasteiger partial charge is 0.204 e. The Morgan fingerprint density at radius 3 is 2.41 bits per heavy atom. The van der Waals surface area contributed by atoms with Gasteiger partial charge in [-0.3, -0.25) is 0 Å². The number of ether oxygens (including phenoxy) is 4. The van der Waals surface area contributed by atoms with E-state index in [4.69, 9.17) is 18.9 Å². The van der Waals surface area contributed by atoms with Crippen LogP contribution < -0.4 is 18.9 Å². The third kappa shape index (κ3) is 4.48. The van der Waals surface area contributed by atoms with Gasteiger partial charge in [-0.2, -0.15) is 0 Å². The number of fused-ring (bicyclic) bond motifs is 8. The van der Waals surface area contributed by atoms with Gasteiger partial charge in [0, 0.05) is 0 Å². The first-order valence-electron chi connectivity index (χ1n) is 9.43. The quantitative estimate of drug-likeness (QED) is 0.858. The van der Waals surface area contributed by atoms with Gasteiger partial charge in [-0.25, -0.2) is 0 Å². The number of hydrogen-bond acceptors (Lipinski definition) is 5. The highest BCUT2D eigenvalue weighted by atomic mass is 16.5. The van der Waals surface area contributed by atoms with Crippen molar-refractivity contribution < 1.29 is 24.1 Å². The van der Waals surface area contributed by atoms with Crippen LogP contribution >= 0.6 is 0 Å². The predicted octanol–water partition coefficient (Wildman–Crippen LogP) is 4.52. The van der Waals surface area contributed by atoms with Crippen LogP contribution in [0.15, 0.2) is 30.3 Å². The molecule has 2 aromatic carbocycles. The molecule has 0 aliphatic carbocycles. The third-order valence-electron chi connectivity index (χ3n) is 5.01. The summed E-state index contributed by atoms with van der Waals surface area (Å²) in [6.45, 7) is 0. The molecule has 4 bridgehead atoms. The summed E-state index contributed by atoms with van der Waals surface area (Å²) in [5.41, 5.74) is 2.18. The van der Waals surface area contributed by atoms with Gasteiger partial charge in [-0.1, -0.05) is 18.6 Å². The molecule has 0 fully saturated rings. The van der Waals surface area contributed by atoms with Gasteiger partial charge in [-0.15, -0.1) is 0 Å². The van der Waals surface area contributed by atoms with Crippen LogP contribution in [0.2, 0.25) is 0 Å². The topological polar surface area (TPSA) is 57.2 Å². The van der Waals surface area contributed by atoms with E-state index in [1.54, 1.807) is 21.3 Å². The van der Waals surface area contributed by atoms with Crippen LogP contribution in [0.5, 0.6) is 28.7 Å². The molecule has 5 nitrogen and oxygen atoms in total. The summed E-state index contributed by atoms with van der Waals surface area (Å²) in [6, 6.07) is 9.80. The van der Waals surface area contributed by atoms with Crippen LogP contribution in [-0.4, -0.2) is 32.5 Å². The average molecular weight is 372 g/mol. The SMILES string of the molecule is COc1ccc2cc1Oc1ccc(c(OC)c1OC)CCCC[C@@H](O)CC2. The molecular weight excluding hydrogens is 344 g/mol. The normalized spacial score (nSPS) is 17.4. The van der Waals surface area contributed by atoms with E-state index in [1.165, 1.54) is 0 Å². The number of aliphatic hydroxyl groups excluding tert-OH is 1. The Labute approximate surface area is 160 Å². The first kappa shape index (κ1) is 19.4. The van der Waals surface area contributed by atoms with Crippen molar-refractivity contribution in [1.82, 2.24) is 0 Å². The van der Waals surface area contributed by atoms with Gasteiger partial charge in [0.2, 0.25) is 5.75 Å². The summed E-state index contributed by atoms with van der Waals surface area (Å²) in [6.07, 6.45) is 4.86. The Morgan fingerprint density at radius 1 is 0.852 bits per heavy atom. The van der Waals surface area contributed by atoms with Gasteiger partial charge in [0.15, 0.2) is 23.0 Å². The number of rotatable bonds is 3. The van der Waals surface area contributed by atoms with E-state index in [-0.39, 0.29) is 6.10 Å². The summed E-state index contributed by atoms with van der Waals surface area (Å²) in [7, 11) is 4.88. The summed E-state index contributed by atoms with van der Waals surface area (Å²) >= 11 is 0. The molecule has 146 valence electrons. The highest BCUT2D eigenvalue weighted by Gasteiger charge is 2.19. The monoisotopic (exact) mass is 372 g/mol. The van der Waals surface area contributed by atoms with Gasteiger partial charge in [0.25, 0.3) is 0 Å². The molecular formula is C22H28O5. The fourth-order valence-electron chi connectivity index (χ4n) is 3.53. The van der Waals surface area contributed by atoms with E-state index in [0.29, 0.717) is 28.7 Å². The second kappa shape index (κ2) is 9.00. The second-order valence-electron chi connectivity index (χ2n) is 6.81. The zero-order chi connectivity index (χ0) is 19.2. The van der Waals surface area contributed by atoms with Gasteiger partial charge in [0.05, 0.1) is 27.4 Å². The summed E-state index contributed by atoms with van der Waals surface area (Å²) in [4.78, 5) is 0. The van der Waals surface area contributed by atoms with Crippen molar-refractivity contribution in [3.05, 3.63) is 41.5 Å². The lowest BCUT2D eigenvalue weighted by atomic mass is 10.0. The Kier molecular flexibility index (Phi) is 6.45. The van der Waals surface area contributed by atoms with E-state index < -0.39 is 0 Å². The van der Waals surface area contributed by atoms with Gasteiger partial charge < -0.3 is 24.1 Å².